The number of ether oxygens (including phenoxy) is 3. The number of hydrogen-bond acceptors (Lipinski definition) is 8. The molecule has 1 aliphatic heterocycles. The molecule has 45 heavy (non-hydrogen) atoms. The summed E-state index contributed by atoms with van der Waals surface area (Å²) in [4.78, 5) is 56.2. The van der Waals surface area contributed by atoms with Gasteiger partial charge in [-0.25, -0.2) is 23.6 Å². The Hall–Kier alpha value is -4.71. The molecule has 0 fully saturated rings. The maximum absolute atomic E-state index is 13.0. The minimum atomic E-state index is -1.39. The SMILES string of the molecule is Cn1c[n+](CCCNC(=O)OC(C)(C)C)cc1-c1ccc(OCC(ON2C(=O)c3ccccc3C2=O)C(=O)OC(C)(C)C)cc1. The molecule has 2 aromatic carbocycles. The van der Waals surface area contributed by atoms with E-state index in [0.717, 1.165) is 17.7 Å². The van der Waals surface area contributed by atoms with E-state index in [2.05, 4.69) is 5.32 Å². The van der Waals surface area contributed by atoms with E-state index in [1.807, 2.05) is 61.6 Å². The fourth-order valence-electron chi connectivity index (χ4n) is 4.53. The summed E-state index contributed by atoms with van der Waals surface area (Å²) < 4.78 is 20.6. The first-order valence-electron chi connectivity index (χ1n) is 14.7. The van der Waals surface area contributed by atoms with Gasteiger partial charge in [0, 0.05) is 18.5 Å². The predicted molar refractivity (Wildman–Crippen MR) is 163 cm³/mol. The average molecular weight is 622 g/mol. The van der Waals surface area contributed by atoms with Crippen molar-refractivity contribution in [3.05, 3.63) is 72.2 Å². The van der Waals surface area contributed by atoms with E-state index in [1.54, 1.807) is 45.0 Å². The molecular formula is C33H41N4O8+. The Morgan fingerprint density at radius 1 is 0.889 bits per heavy atom. The largest absolute Gasteiger partial charge is 0.490 e. The number of imide groups is 1. The summed E-state index contributed by atoms with van der Waals surface area (Å²) in [6.07, 6.45) is 2.88. The van der Waals surface area contributed by atoms with Crippen molar-refractivity contribution < 1.29 is 42.8 Å². The van der Waals surface area contributed by atoms with Gasteiger partial charge in [-0.2, -0.15) is 0 Å². The number of rotatable bonds is 11. The first-order chi connectivity index (χ1) is 21.1. The molecule has 12 heteroatoms. The number of carbonyl (C=O) groups is 4. The Morgan fingerprint density at radius 3 is 2.07 bits per heavy atom. The quantitative estimate of drug-likeness (QED) is 0.146. The number of fused-ring (bicyclic) bond motifs is 1. The third-order valence-electron chi connectivity index (χ3n) is 6.46. The summed E-state index contributed by atoms with van der Waals surface area (Å²) in [6, 6.07) is 13.6. The number of amides is 3. The number of esters is 1. The normalized spacial score (nSPS) is 13.8. The Kier molecular flexibility index (Phi) is 9.97. The van der Waals surface area contributed by atoms with E-state index >= 15 is 0 Å². The zero-order valence-corrected chi connectivity index (χ0v) is 26.8. The number of alkyl carbamates (subject to hydrolysis) is 1. The fraction of sp³-hybridized carbons (Fsp3) is 0.424. The molecule has 1 aliphatic rings. The van der Waals surface area contributed by atoms with Gasteiger partial charge in [0.1, 0.15) is 29.8 Å². The molecule has 1 unspecified atom stereocenters. The number of imidazole rings is 1. The molecule has 240 valence electrons. The Labute approximate surface area is 262 Å². The van der Waals surface area contributed by atoms with Gasteiger partial charge in [0.2, 0.25) is 12.4 Å². The number of nitrogens with one attached hydrogen (secondary N) is 1. The highest BCUT2D eigenvalue weighted by Gasteiger charge is 2.40. The van der Waals surface area contributed by atoms with Gasteiger partial charge in [-0.15, -0.1) is 5.06 Å². The van der Waals surface area contributed by atoms with Crippen molar-refractivity contribution in [1.29, 1.82) is 0 Å². The van der Waals surface area contributed by atoms with Crippen molar-refractivity contribution in [2.24, 2.45) is 7.05 Å². The van der Waals surface area contributed by atoms with E-state index < -0.39 is 41.2 Å². The molecule has 0 saturated heterocycles. The molecule has 3 amide bonds. The third-order valence-corrected chi connectivity index (χ3v) is 6.46. The van der Waals surface area contributed by atoms with E-state index in [0.29, 0.717) is 23.9 Å². The number of benzene rings is 2. The molecule has 0 saturated carbocycles. The fourth-order valence-corrected chi connectivity index (χ4v) is 4.53. The number of nitrogens with zero attached hydrogens (tertiary/aromatic N) is 3. The highest BCUT2D eigenvalue weighted by Crippen LogP contribution is 2.25. The maximum Gasteiger partial charge on any atom is 0.407 e. The van der Waals surface area contributed by atoms with Crippen LogP contribution in [0.4, 0.5) is 4.79 Å². The molecule has 0 aliphatic carbocycles. The molecule has 0 bridgehead atoms. The highest BCUT2D eigenvalue weighted by atomic mass is 16.7. The van der Waals surface area contributed by atoms with Crippen molar-refractivity contribution >= 4 is 23.9 Å². The second-order valence-corrected chi connectivity index (χ2v) is 12.7. The average Bonchev–Trinajstić information content (AvgIpc) is 3.43. The molecule has 4 rings (SSSR count). The predicted octanol–water partition coefficient (Wildman–Crippen LogP) is 4.21. The standard InChI is InChI=1S/C33H40N4O8/c1-32(2,3)43-30(40)27(45-37-28(38)24-11-8-9-12-25(24)29(37)39)20-42-23-15-13-22(14-16-23)26-19-36(21-35(26)7)18-10-17-34-31(41)44-33(4,5)6/h8-9,11-16,19,21,27H,10,17-18,20H2,1-7H3/p+1. The third kappa shape index (κ3) is 8.91. The van der Waals surface area contributed by atoms with Crippen LogP contribution >= 0.6 is 0 Å². The van der Waals surface area contributed by atoms with Crippen LogP contribution in [0.15, 0.2) is 61.1 Å². The maximum atomic E-state index is 13.0. The number of hydroxylamine groups is 2. The first kappa shape index (κ1) is 33.2. The Balaban J connectivity index is 1.37. The summed E-state index contributed by atoms with van der Waals surface area (Å²) in [6.45, 7) is 11.5. The van der Waals surface area contributed by atoms with Crippen LogP contribution < -0.4 is 14.6 Å². The number of hydrogen-bond donors (Lipinski definition) is 1. The van der Waals surface area contributed by atoms with Gasteiger partial charge >= 0.3 is 12.1 Å². The van der Waals surface area contributed by atoms with Gasteiger partial charge in [-0.1, -0.05) is 12.1 Å². The molecule has 2 heterocycles. The molecule has 0 spiro atoms. The molecule has 1 atom stereocenters. The summed E-state index contributed by atoms with van der Waals surface area (Å²) in [5.74, 6) is -1.64. The Bertz CT molecular complexity index is 1510. The van der Waals surface area contributed by atoms with Gasteiger partial charge in [0.15, 0.2) is 5.69 Å². The summed E-state index contributed by atoms with van der Waals surface area (Å²) in [5.41, 5.74) is 0.915. The molecule has 0 radical (unpaired) electrons. The van der Waals surface area contributed by atoms with Crippen LogP contribution in [-0.2, 0) is 32.7 Å². The van der Waals surface area contributed by atoms with Gasteiger partial charge in [0.05, 0.1) is 24.7 Å². The number of carbonyl (C=O) groups excluding carboxylic acids is 4. The lowest BCUT2D eigenvalue weighted by Gasteiger charge is -2.26. The van der Waals surface area contributed by atoms with E-state index in [-0.39, 0.29) is 17.7 Å². The number of aryl methyl sites for hydroxylation is 2. The van der Waals surface area contributed by atoms with E-state index in [1.165, 1.54) is 12.1 Å². The van der Waals surface area contributed by atoms with E-state index in [9.17, 15) is 19.2 Å². The van der Waals surface area contributed by atoms with Crippen LogP contribution in [0, 0.1) is 0 Å². The summed E-state index contributed by atoms with van der Waals surface area (Å²) >= 11 is 0. The van der Waals surface area contributed by atoms with Crippen LogP contribution in [0.5, 0.6) is 5.75 Å². The minimum Gasteiger partial charge on any atom is -0.490 e. The second kappa shape index (κ2) is 13.5. The van der Waals surface area contributed by atoms with Gasteiger partial charge in [-0.05, 0) is 77.9 Å². The topological polar surface area (TPSA) is 129 Å². The van der Waals surface area contributed by atoms with Crippen molar-refractivity contribution in [3.63, 3.8) is 0 Å². The van der Waals surface area contributed by atoms with Crippen molar-refractivity contribution in [3.8, 4) is 17.0 Å². The summed E-state index contributed by atoms with van der Waals surface area (Å²) in [5, 5.41) is 3.35. The van der Waals surface area contributed by atoms with E-state index in [4.69, 9.17) is 19.0 Å². The molecule has 3 aromatic rings. The van der Waals surface area contributed by atoms with Crippen molar-refractivity contribution in [2.45, 2.75) is 71.8 Å². The lowest BCUT2D eigenvalue weighted by molar-refractivity contribution is -0.696. The lowest BCUT2D eigenvalue weighted by Crippen LogP contribution is -2.43. The van der Waals surface area contributed by atoms with Crippen LogP contribution in [0.25, 0.3) is 11.3 Å². The Morgan fingerprint density at radius 2 is 1.49 bits per heavy atom. The molecule has 1 N–H and O–H groups in total. The zero-order valence-electron chi connectivity index (χ0n) is 26.8. The van der Waals surface area contributed by atoms with Gasteiger partial charge < -0.3 is 19.5 Å². The van der Waals surface area contributed by atoms with Crippen LogP contribution in [0.2, 0.25) is 0 Å². The smallest absolute Gasteiger partial charge is 0.407 e. The zero-order chi connectivity index (χ0) is 32.9. The monoisotopic (exact) mass is 621 g/mol. The van der Waals surface area contributed by atoms with Crippen LogP contribution in [0.1, 0.15) is 68.7 Å². The molecule has 1 aromatic heterocycles. The highest BCUT2D eigenvalue weighted by molar-refractivity contribution is 6.20. The first-order valence-corrected chi connectivity index (χ1v) is 14.7. The second-order valence-electron chi connectivity index (χ2n) is 12.7. The number of aromatic nitrogens is 2. The van der Waals surface area contributed by atoms with Crippen molar-refractivity contribution in [1.82, 2.24) is 14.9 Å². The lowest BCUT2D eigenvalue weighted by atomic mass is 10.1. The summed E-state index contributed by atoms with van der Waals surface area (Å²) in [7, 11) is 1.94. The molecular weight excluding hydrogens is 580 g/mol. The molecule has 12 nitrogen and oxygen atoms in total. The minimum absolute atomic E-state index is 0.196. The van der Waals surface area contributed by atoms with Crippen LogP contribution in [-0.4, -0.2) is 64.0 Å². The van der Waals surface area contributed by atoms with Crippen molar-refractivity contribution in [2.75, 3.05) is 13.2 Å². The van der Waals surface area contributed by atoms with Gasteiger partial charge in [0.25, 0.3) is 11.8 Å². The van der Waals surface area contributed by atoms with Crippen LogP contribution in [0.3, 0.4) is 0 Å². The van der Waals surface area contributed by atoms with Gasteiger partial charge in [-0.3, -0.25) is 9.59 Å².